The molecule has 30 heavy (non-hydrogen) atoms. The molecule has 1 aliphatic rings. The van der Waals surface area contributed by atoms with Crippen molar-refractivity contribution in [3.63, 3.8) is 0 Å². The van der Waals surface area contributed by atoms with Gasteiger partial charge in [-0.05, 0) is 36.5 Å². The number of nitrogens with two attached hydrogens (primary N) is 1. The molecule has 0 unspecified atom stereocenters. The number of hydrogen-bond donors (Lipinski definition) is 3. The molecule has 3 heterocycles. The first-order valence-electron chi connectivity index (χ1n) is 9.39. The molecule has 0 aliphatic heterocycles. The number of phosphoric ester groups is 1. The van der Waals surface area contributed by atoms with E-state index in [0.717, 1.165) is 12.2 Å². The van der Waals surface area contributed by atoms with Crippen LogP contribution in [-0.4, -0.2) is 26.5 Å². The fraction of sp³-hybridized carbons (Fsp3) is 0.316. The summed E-state index contributed by atoms with van der Waals surface area (Å²) in [5.74, 6) is 1.95. The van der Waals surface area contributed by atoms with Gasteiger partial charge in [0.2, 0.25) is 12.6 Å². The topological polar surface area (TPSA) is 145 Å². The van der Waals surface area contributed by atoms with Gasteiger partial charge in [0.25, 0.3) is 5.82 Å². The third-order valence-electron chi connectivity index (χ3n) is 4.65. The molecule has 1 aliphatic carbocycles. The molecule has 3 aromatic rings. The van der Waals surface area contributed by atoms with Crippen molar-refractivity contribution in [1.29, 1.82) is 0 Å². The zero-order chi connectivity index (χ0) is 21.1. The summed E-state index contributed by atoms with van der Waals surface area (Å²) in [6.45, 7) is 0.322. The van der Waals surface area contributed by atoms with E-state index in [1.807, 2.05) is 12.1 Å². The van der Waals surface area contributed by atoms with Crippen LogP contribution in [-0.2, 0) is 22.2 Å². The van der Waals surface area contributed by atoms with E-state index in [1.165, 1.54) is 17.4 Å². The van der Waals surface area contributed by atoms with E-state index in [0.29, 0.717) is 35.2 Å². The van der Waals surface area contributed by atoms with Gasteiger partial charge in [0.05, 0.1) is 18.5 Å². The molecule has 0 aromatic carbocycles. The van der Waals surface area contributed by atoms with Crippen molar-refractivity contribution in [3.8, 4) is 17.2 Å². The van der Waals surface area contributed by atoms with Gasteiger partial charge in [0, 0.05) is 24.8 Å². The highest BCUT2D eigenvalue weighted by Gasteiger charge is 2.22. The maximum atomic E-state index is 10.9. The number of aromatic nitrogens is 3. The highest BCUT2D eigenvalue weighted by Crippen LogP contribution is 2.35. The molecule has 0 radical (unpaired) electrons. The molecule has 0 spiro atoms. The average Bonchev–Trinajstić information content (AvgIpc) is 3.43. The highest BCUT2D eigenvalue weighted by atomic mass is 31.2. The normalized spacial score (nSPS) is 14.1. The van der Waals surface area contributed by atoms with Crippen molar-refractivity contribution in [2.45, 2.75) is 26.0 Å². The van der Waals surface area contributed by atoms with Gasteiger partial charge in [-0.15, -0.1) is 0 Å². The van der Waals surface area contributed by atoms with Crippen LogP contribution >= 0.6 is 7.82 Å². The van der Waals surface area contributed by atoms with Crippen molar-refractivity contribution in [3.05, 3.63) is 54.0 Å². The fourth-order valence-electron chi connectivity index (χ4n) is 2.84. The van der Waals surface area contributed by atoms with Crippen LogP contribution in [0.4, 0.5) is 5.82 Å². The van der Waals surface area contributed by atoms with Crippen LogP contribution in [0.3, 0.4) is 0 Å². The summed E-state index contributed by atoms with van der Waals surface area (Å²) >= 11 is 0. The zero-order valence-electron chi connectivity index (χ0n) is 16.0. The van der Waals surface area contributed by atoms with Crippen molar-refractivity contribution < 1.29 is 32.7 Å². The van der Waals surface area contributed by atoms with Gasteiger partial charge in [-0.25, -0.2) is 18.6 Å². The number of phosphoric acid groups is 1. The summed E-state index contributed by atoms with van der Waals surface area (Å²) in [5.41, 5.74) is 8.28. The van der Waals surface area contributed by atoms with Crippen LogP contribution in [0.5, 0.6) is 5.88 Å². The lowest BCUT2D eigenvalue weighted by molar-refractivity contribution is -0.711. The van der Waals surface area contributed by atoms with Gasteiger partial charge < -0.3 is 19.0 Å². The molecule has 0 atom stereocenters. The number of nitrogen functional groups attached to an aromatic ring is 1. The molecule has 4 rings (SSSR count). The summed E-state index contributed by atoms with van der Waals surface area (Å²) in [6.07, 6.45) is 6.28. The van der Waals surface area contributed by atoms with Crippen LogP contribution in [0.15, 0.2) is 47.2 Å². The van der Waals surface area contributed by atoms with E-state index in [1.54, 1.807) is 30.6 Å². The van der Waals surface area contributed by atoms with E-state index in [-0.39, 0.29) is 5.82 Å². The predicted octanol–water partition coefficient (Wildman–Crippen LogP) is 2.05. The van der Waals surface area contributed by atoms with Crippen LogP contribution in [0, 0.1) is 5.92 Å². The minimum atomic E-state index is -4.61. The first kappa shape index (κ1) is 20.5. The molecule has 10 nitrogen and oxygen atoms in total. The summed E-state index contributed by atoms with van der Waals surface area (Å²) < 4.78 is 27.8. The predicted molar refractivity (Wildman–Crippen MR) is 105 cm³/mol. The minimum Gasteiger partial charge on any atom is -0.477 e. The molecule has 1 fully saturated rings. The molecule has 11 heteroatoms. The first-order valence-corrected chi connectivity index (χ1v) is 10.9. The summed E-state index contributed by atoms with van der Waals surface area (Å²) in [4.78, 5) is 22.1. The number of rotatable bonds is 9. The van der Waals surface area contributed by atoms with Crippen molar-refractivity contribution >= 4 is 13.6 Å². The quantitative estimate of drug-likeness (QED) is 0.341. The largest absolute Gasteiger partial charge is 0.477 e. The van der Waals surface area contributed by atoms with Gasteiger partial charge >= 0.3 is 7.82 Å². The lowest BCUT2D eigenvalue weighted by Crippen LogP contribution is -2.38. The van der Waals surface area contributed by atoms with Crippen LogP contribution < -0.4 is 15.0 Å². The van der Waals surface area contributed by atoms with E-state index in [2.05, 4.69) is 14.7 Å². The maximum absolute atomic E-state index is 10.9. The zero-order valence-corrected chi connectivity index (χ0v) is 16.9. The van der Waals surface area contributed by atoms with Gasteiger partial charge in [-0.2, -0.15) is 0 Å². The maximum Gasteiger partial charge on any atom is 0.472 e. The number of pyridine rings is 2. The molecular weight excluding hydrogens is 411 g/mol. The number of ether oxygens (including phenoxy) is 1. The molecule has 158 valence electrons. The molecule has 1 saturated carbocycles. The Labute approximate surface area is 172 Å². The Morgan fingerprint density at radius 2 is 2.13 bits per heavy atom. The highest BCUT2D eigenvalue weighted by molar-refractivity contribution is 7.46. The lowest BCUT2D eigenvalue weighted by atomic mass is 10.1. The van der Waals surface area contributed by atoms with Crippen LogP contribution in [0.25, 0.3) is 11.3 Å². The van der Waals surface area contributed by atoms with E-state index in [4.69, 9.17) is 24.8 Å². The second-order valence-corrected chi connectivity index (χ2v) is 8.38. The van der Waals surface area contributed by atoms with Crippen molar-refractivity contribution in [1.82, 2.24) is 10.1 Å². The Morgan fingerprint density at radius 1 is 1.30 bits per heavy atom. The number of hydrogen-bond acceptors (Lipinski definition) is 7. The average molecular weight is 433 g/mol. The second kappa shape index (κ2) is 8.53. The smallest absolute Gasteiger partial charge is 0.472 e. The third kappa shape index (κ3) is 5.43. The summed E-state index contributed by atoms with van der Waals surface area (Å²) in [5, 5.41) is 4.08. The molecular formula is C19H22N4O6P+. The molecule has 3 aromatic heterocycles. The lowest BCUT2D eigenvalue weighted by Gasteiger charge is -2.07. The van der Waals surface area contributed by atoms with Gasteiger partial charge in [0.15, 0.2) is 5.76 Å². The Kier molecular flexibility index (Phi) is 5.83. The Morgan fingerprint density at radius 3 is 2.83 bits per heavy atom. The van der Waals surface area contributed by atoms with Crippen molar-refractivity contribution in [2.24, 2.45) is 5.92 Å². The molecule has 0 saturated heterocycles. The van der Waals surface area contributed by atoms with Gasteiger partial charge in [-0.1, -0.05) is 11.2 Å². The summed E-state index contributed by atoms with van der Waals surface area (Å²) in [7, 11) is -4.61. The molecule has 0 bridgehead atoms. The second-order valence-electron chi connectivity index (χ2n) is 7.14. The van der Waals surface area contributed by atoms with E-state index < -0.39 is 14.6 Å². The SMILES string of the molecule is Nc1c(-c2cc(Cc3ccc(OCC4CC4)nc3)no2)ccc[n+]1COP(=O)(O)O. The molecule has 0 amide bonds. The standard InChI is InChI=1S/C19H21N4O6P/c20-19-16(2-1-7-23(19)12-28-30(24,25)26)17-9-15(22-29-17)8-14-5-6-18(21-10-14)27-11-13-3-4-13/h1-2,5-7,9-10,13,20H,3-4,8,11-12H2,(H2,24,25,26)/p+1. The fourth-order valence-corrected chi connectivity index (χ4v) is 3.12. The minimum absolute atomic E-state index is 0.229. The van der Waals surface area contributed by atoms with Crippen LogP contribution in [0.2, 0.25) is 0 Å². The third-order valence-corrected chi connectivity index (χ3v) is 5.10. The van der Waals surface area contributed by atoms with Crippen molar-refractivity contribution in [2.75, 3.05) is 12.3 Å². The molecule has 4 N–H and O–H groups in total. The first-order chi connectivity index (χ1) is 14.4. The summed E-state index contributed by atoms with van der Waals surface area (Å²) in [6, 6.07) is 8.94. The number of nitrogens with zero attached hydrogens (tertiary/aromatic N) is 3. The monoisotopic (exact) mass is 433 g/mol. The Balaban J connectivity index is 1.43. The Hall–Kier alpha value is -2.78. The van der Waals surface area contributed by atoms with E-state index >= 15 is 0 Å². The van der Waals surface area contributed by atoms with Gasteiger partial charge in [-0.3, -0.25) is 5.73 Å². The van der Waals surface area contributed by atoms with Gasteiger partial charge in [0.1, 0.15) is 5.56 Å². The van der Waals surface area contributed by atoms with Crippen LogP contribution in [0.1, 0.15) is 24.1 Å². The Bertz CT molecular complexity index is 1060. The van der Waals surface area contributed by atoms with E-state index in [9.17, 15) is 4.57 Å². The number of anilines is 1.